The quantitative estimate of drug-likeness (QED) is 0.727. The molecule has 2 heterocycles. The number of hydrogen-bond donors (Lipinski definition) is 2. The van der Waals surface area contributed by atoms with Gasteiger partial charge in [0.2, 0.25) is 11.8 Å². The van der Waals surface area contributed by atoms with Gasteiger partial charge in [0.15, 0.2) is 0 Å². The van der Waals surface area contributed by atoms with Gasteiger partial charge in [0.05, 0.1) is 12.5 Å². The van der Waals surface area contributed by atoms with Crippen LogP contribution in [0.2, 0.25) is 0 Å². The van der Waals surface area contributed by atoms with Gasteiger partial charge in [0.1, 0.15) is 0 Å². The third-order valence-corrected chi connectivity index (χ3v) is 6.23. The number of methoxy groups -OCH3 is 1. The number of hydrogen-bond acceptors (Lipinski definition) is 4. The molecule has 0 aromatic carbocycles. The van der Waals surface area contributed by atoms with E-state index in [1.165, 1.54) is 0 Å². The highest BCUT2D eigenvalue weighted by Gasteiger charge is 2.59. The maximum absolute atomic E-state index is 13.0. The van der Waals surface area contributed by atoms with E-state index in [1.807, 2.05) is 4.90 Å². The Morgan fingerprint density at radius 2 is 2.04 bits per heavy atom. The zero-order chi connectivity index (χ0) is 17.2. The molecular weight excluding hydrogens is 306 g/mol. The fraction of sp³-hybridized carbons (Fsp3) is 0.889. The number of likely N-dealkylation sites (tertiary alicyclic amines) is 1. The van der Waals surface area contributed by atoms with Gasteiger partial charge in [-0.2, -0.15) is 0 Å². The van der Waals surface area contributed by atoms with Gasteiger partial charge in [-0.15, -0.1) is 0 Å². The number of carbonyl (C=O) groups excluding carboxylic acids is 2. The lowest BCUT2D eigenvalue weighted by atomic mass is 9.89. The molecule has 6 heteroatoms. The monoisotopic (exact) mass is 337 g/mol. The molecule has 3 aliphatic rings. The van der Waals surface area contributed by atoms with Crippen LogP contribution in [0.15, 0.2) is 0 Å². The van der Waals surface area contributed by atoms with Crippen molar-refractivity contribution in [2.45, 2.75) is 45.1 Å². The summed E-state index contributed by atoms with van der Waals surface area (Å²) in [4.78, 5) is 27.3. The smallest absolute Gasteiger partial charge is 0.226 e. The Morgan fingerprint density at radius 3 is 2.75 bits per heavy atom. The van der Waals surface area contributed by atoms with Crippen LogP contribution in [-0.2, 0) is 14.3 Å². The van der Waals surface area contributed by atoms with E-state index >= 15 is 0 Å². The Hall–Kier alpha value is -1.14. The van der Waals surface area contributed by atoms with Crippen LogP contribution in [0.25, 0.3) is 0 Å². The molecule has 1 spiro atoms. The molecule has 0 aromatic heterocycles. The van der Waals surface area contributed by atoms with Gasteiger partial charge in [-0.3, -0.25) is 9.59 Å². The first-order valence-corrected chi connectivity index (χ1v) is 9.35. The van der Waals surface area contributed by atoms with Crippen LogP contribution in [0.5, 0.6) is 0 Å². The Bertz CT molecular complexity index is 476. The molecule has 2 amide bonds. The van der Waals surface area contributed by atoms with Crippen LogP contribution in [0.3, 0.4) is 0 Å². The van der Waals surface area contributed by atoms with Crippen LogP contribution in [-0.4, -0.2) is 62.7 Å². The average Bonchev–Trinajstić information content (AvgIpc) is 3.28. The van der Waals surface area contributed by atoms with Crippen LogP contribution in [0.1, 0.15) is 39.0 Å². The second-order valence-corrected chi connectivity index (χ2v) is 7.77. The van der Waals surface area contributed by atoms with E-state index in [1.54, 1.807) is 7.11 Å². The van der Waals surface area contributed by atoms with E-state index in [9.17, 15) is 9.59 Å². The molecule has 24 heavy (non-hydrogen) atoms. The van der Waals surface area contributed by atoms with E-state index in [0.29, 0.717) is 25.6 Å². The number of nitrogens with one attached hydrogen (secondary N) is 2. The molecule has 3 unspecified atom stereocenters. The minimum absolute atomic E-state index is 0.0594. The third kappa shape index (κ3) is 3.59. The number of rotatable bonds is 5. The van der Waals surface area contributed by atoms with Gasteiger partial charge in [0.25, 0.3) is 0 Å². The number of nitrogens with zero attached hydrogens (tertiary/aromatic N) is 1. The molecule has 0 radical (unpaired) electrons. The van der Waals surface area contributed by atoms with Crippen molar-refractivity contribution in [1.82, 2.24) is 15.5 Å². The van der Waals surface area contributed by atoms with Gasteiger partial charge >= 0.3 is 0 Å². The Labute approximate surface area is 144 Å². The largest absolute Gasteiger partial charge is 0.383 e. The molecule has 1 saturated carbocycles. The lowest BCUT2D eigenvalue weighted by Gasteiger charge is -2.38. The highest BCUT2D eigenvalue weighted by atomic mass is 16.5. The number of ether oxygens (including phenoxy) is 1. The Balaban J connectivity index is 1.56. The van der Waals surface area contributed by atoms with Gasteiger partial charge in [-0.25, -0.2) is 0 Å². The topological polar surface area (TPSA) is 70.7 Å². The van der Waals surface area contributed by atoms with E-state index in [0.717, 1.165) is 45.2 Å². The van der Waals surface area contributed by atoms with E-state index < -0.39 is 0 Å². The first-order valence-electron chi connectivity index (χ1n) is 9.35. The Kier molecular flexibility index (Phi) is 5.45. The summed E-state index contributed by atoms with van der Waals surface area (Å²) in [5, 5.41) is 6.31. The molecule has 2 N–H and O–H groups in total. The summed E-state index contributed by atoms with van der Waals surface area (Å²) >= 11 is 0. The molecule has 2 saturated heterocycles. The predicted octanol–water partition coefficient (Wildman–Crippen LogP) is 0.766. The zero-order valence-electron chi connectivity index (χ0n) is 15.0. The summed E-state index contributed by atoms with van der Waals surface area (Å²) in [6, 6.07) is 0.250. The predicted molar refractivity (Wildman–Crippen MR) is 91.4 cm³/mol. The van der Waals surface area contributed by atoms with Gasteiger partial charge < -0.3 is 20.3 Å². The number of amides is 2. The molecule has 136 valence electrons. The fourth-order valence-electron chi connectivity index (χ4n) is 4.42. The third-order valence-electron chi connectivity index (χ3n) is 6.23. The normalized spacial score (nSPS) is 31.8. The van der Waals surface area contributed by atoms with Crippen molar-refractivity contribution in [1.29, 1.82) is 0 Å². The zero-order valence-corrected chi connectivity index (χ0v) is 15.0. The highest BCUT2D eigenvalue weighted by Crippen LogP contribution is 2.59. The summed E-state index contributed by atoms with van der Waals surface area (Å²) in [5.41, 5.74) is 0.260. The molecule has 0 bridgehead atoms. The molecule has 3 rings (SSSR count). The van der Waals surface area contributed by atoms with Crippen LogP contribution < -0.4 is 10.6 Å². The van der Waals surface area contributed by atoms with Crippen molar-refractivity contribution in [3.8, 4) is 0 Å². The van der Waals surface area contributed by atoms with E-state index in [4.69, 9.17) is 4.74 Å². The van der Waals surface area contributed by atoms with Crippen LogP contribution in [0, 0.1) is 17.3 Å². The number of carbonyl (C=O) groups is 2. The maximum atomic E-state index is 13.0. The Morgan fingerprint density at radius 1 is 1.29 bits per heavy atom. The SMILES string of the molecule is COCCNC(=O)C1CCC(C)N(C(=O)C2CC23CCNCC3)C1. The lowest BCUT2D eigenvalue weighted by Crippen LogP contribution is -2.50. The summed E-state index contributed by atoms with van der Waals surface area (Å²) in [7, 11) is 1.63. The lowest BCUT2D eigenvalue weighted by molar-refractivity contribution is -0.140. The summed E-state index contributed by atoms with van der Waals surface area (Å²) < 4.78 is 4.98. The molecular formula is C18H31N3O3. The summed E-state index contributed by atoms with van der Waals surface area (Å²) in [5.74, 6) is 0.463. The average molecular weight is 337 g/mol. The van der Waals surface area contributed by atoms with Crippen LogP contribution in [0.4, 0.5) is 0 Å². The fourth-order valence-corrected chi connectivity index (χ4v) is 4.42. The maximum Gasteiger partial charge on any atom is 0.226 e. The van der Waals surface area contributed by atoms with Gasteiger partial charge in [0, 0.05) is 32.2 Å². The summed E-state index contributed by atoms with van der Waals surface area (Å²) in [6.07, 6.45) is 5.05. The first kappa shape index (κ1) is 17.7. The standard InChI is InChI=1S/C18H31N3O3/c1-13-3-4-14(16(22)20-9-10-24-2)12-21(13)17(23)15-11-18(15)5-7-19-8-6-18/h13-15,19H,3-12H2,1-2H3,(H,20,22). The molecule has 6 nitrogen and oxygen atoms in total. The second-order valence-electron chi connectivity index (χ2n) is 7.77. The molecule has 3 atom stereocenters. The minimum atomic E-state index is -0.0790. The second kappa shape index (κ2) is 7.40. The van der Waals surface area contributed by atoms with E-state index in [2.05, 4.69) is 17.6 Å². The van der Waals surface area contributed by atoms with Crippen molar-refractivity contribution >= 4 is 11.8 Å². The van der Waals surface area contributed by atoms with Crippen molar-refractivity contribution in [3.63, 3.8) is 0 Å². The molecule has 2 aliphatic heterocycles. The molecule has 3 fully saturated rings. The number of piperidine rings is 2. The minimum Gasteiger partial charge on any atom is -0.383 e. The van der Waals surface area contributed by atoms with Crippen molar-refractivity contribution in [2.24, 2.45) is 17.3 Å². The van der Waals surface area contributed by atoms with Crippen molar-refractivity contribution in [3.05, 3.63) is 0 Å². The van der Waals surface area contributed by atoms with Gasteiger partial charge in [-0.05, 0) is 57.5 Å². The first-order chi connectivity index (χ1) is 11.6. The van der Waals surface area contributed by atoms with Crippen LogP contribution >= 0.6 is 0 Å². The molecule has 1 aliphatic carbocycles. The van der Waals surface area contributed by atoms with Crippen molar-refractivity contribution in [2.75, 3.05) is 39.9 Å². The molecule has 0 aromatic rings. The highest BCUT2D eigenvalue weighted by molar-refractivity contribution is 5.85. The van der Waals surface area contributed by atoms with Crippen molar-refractivity contribution < 1.29 is 14.3 Å². The summed E-state index contributed by atoms with van der Waals surface area (Å²) in [6.45, 7) is 5.82. The van der Waals surface area contributed by atoms with Gasteiger partial charge in [-0.1, -0.05) is 0 Å². The van der Waals surface area contributed by atoms with E-state index in [-0.39, 0.29) is 29.2 Å².